The molecule has 0 aliphatic carbocycles. The number of carbonyl (C=O) groups is 3. The molecule has 0 bridgehead atoms. The van der Waals surface area contributed by atoms with Gasteiger partial charge in [-0.3, -0.25) is 5.32 Å². The maximum Gasteiger partial charge on any atom is 0.341 e. The van der Waals surface area contributed by atoms with Crippen molar-refractivity contribution in [2.24, 2.45) is 0 Å². The summed E-state index contributed by atoms with van der Waals surface area (Å²) in [6, 6.07) is 3.91. The highest BCUT2D eigenvalue weighted by molar-refractivity contribution is 7.15. The second-order valence-corrected chi connectivity index (χ2v) is 6.21. The van der Waals surface area contributed by atoms with E-state index in [4.69, 9.17) is 9.47 Å². The zero-order chi connectivity index (χ0) is 20.0. The molecule has 0 aliphatic heterocycles. The Bertz CT molecular complexity index is 862. The first-order valence-electron chi connectivity index (χ1n) is 8.00. The highest BCUT2D eigenvalue weighted by atomic mass is 32.1. The summed E-state index contributed by atoms with van der Waals surface area (Å²) >= 11 is 1.21. The SMILES string of the molecule is CCOC(=O)c1c(C)csc1NC(=O)Nc1cc(C(=O)OC)ccc1OC. The molecule has 144 valence electrons. The molecule has 2 N–H and O–H groups in total. The van der Waals surface area contributed by atoms with Crippen LogP contribution in [0.4, 0.5) is 15.5 Å². The molecule has 0 spiro atoms. The van der Waals surface area contributed by atoms with Crippen LogP contribution in [0.5, 0.6) is 5.75 Å². The largest absolute Gasteiger partial charge is 0.495 e. The van der Waals surface area contributed by atoms with E-state index in [9.17, 15) is 14.4 Å². The number of rotatable bonds is 6. The lowest BCUT2D eigenvalue weighted by Crippen LogP contribution is -2.21. The average molecular weight is 392 g/mol. The molecular formula is C18H20N2O6S. The van der Waals surface area contributed by atoms with E-state index in [1.807, 2.05) is 0 Å². The molecule has 0 atom stereocenters. The molecule has 1 aromatic heterocycles. The van der Waals surface area contributed by atoms with Crippen LogP contribution in [0.1, 0.15) is 33.2 Å². The minimum atomic E-state index is -0.595. The summed E-state index contributed by atoms with van der Waals surface area (Å²) in [6.07, 6.45) is 0. The zero-order valence-corrected chi connectivity index (χ0v) is 16.2. The van der Waals surface area contributed by atoms with Crippen molar-refractivity contribution in [1.29, 1.82) is 0 Å². The number of thiophene rings is 1. The number of anilines is 2. The van der Waals surface area contributed by atoms with Crippen LogP contribution in [0.25, 0.3) is 0 Å². The number of benzene rings is 1. The number of amides is 2. The van der Waals surface area contributed by atoms with E-state index in [2.05, 4.69) is 15.4 Å². The molecule has 2 amide bonds. The number of hydrogen-bond donors (Lipinski definition) is 2. The van der Waals surface area contributed by atoms with Crippen LogP contribution >= 0.6 is 11.3 Å². The normalized spacial score (nSPS) is 10.1. The Morgan fingerprint density at radius 3 is 2.48 bits per heavy atom. The van der Waals surface area contributed by atoms with Gasteiger partial charge in [-0.05, 0) is 43.0 Å². The smallest absolute Gasteiger partial charge is 0.341 e. The molecule has 0 fully saturated rings. The van der Waals surface area contributed by atoms with Crippen molar-refractivity contribution in [2.45, 2.75) is 13.8 Å². The Morgan fingerprint density at radius 1 is 1.11 bits per heavy atom. The number of nitrogens with one attached hydrogen (secondary N) is 2. The van der Waals surface area contributed by atoms with Crippen LogP contribution in [0, 0.1) is 6.92 Å². The number of methoxy groups -OCH3 is 2. The highest BCUT2D eigenvalue weighted by Crippen LogP contribution is 2.30. The monoisotopic (exact) mass is 392 g/mol. The maximum absolute atomic E-state index is 12.4. The average Bonchev–Trinajstić information content (AvgIpc) is 3.01. The predicted octanol–water partition coefficient (Wildman–Crippen LogP) is 3.67. The molecule has 1 heterocycles. The Labute approximate surface area is 160 Å². The Balaban J connectivity index is 2.21. The van der Waals surface area contributed by atoms with Crippen molar-refractivity contribution in [1.82, 2.24) is 0 Å². The molecule has 8 nitrogen and oxygen atoms in total. The van der Waals surface area contributed by atoms with Gasteiger partial charge in [0.15, 0.2) is 0 Å². The van der Waals surface area contributed by atoms with E-state index < -0.39 is 18.0 Å². The second kappa shape index (κ2) is 9.04. The minimum Gasteiger partial charge on any atom is -0.495 e. The van der Waals surface area contributed by atoms with Crippen molar-refractivity contribution in [3.05, 3.63) is 40.3 Å². The molecule has 0 saturated carbocycles. The topological polar surface area (TPSA) is 103 Å². The summed E-state index contributed by atoms with van der Waals surface area (Å²) in [4.78, 5) is 36.2. The number of aryl methyl sites for hydroxylation is 1. The first-order chi connectivity index (χ1) is 12.9. The predicted molar refractivity (Wildman–Crippen MR) is 102 cm³/mol. The Hall–Kier alpha value is -3.07. The molecule has 0 radical (unpaired) electrons. The molecule has 27 heavy (non-hydrogen) atoms. The number of ether oxygens (including phenoxy) is 3. The maximum atomic E-state index is 12.4. The van der Waals surface area contributed by atoms with E-state index in [1.165, 1.54) is 37.7 Å². The Kier molecular flexibility index (Phi) is 6.78. The van der Waals surface area contributed by atoms with Gasteiger partial charge in [0.25, 0.3) is 0 Å². The van der Waals surface area contributed by atoms with Gasteiger partial charge < -0.3 is 19.5 Å². The third kappa shape index (κ3) is 4.76. The first-order valence-corrected chi connectivity index (χ1v) is 8.88. The van der Waals surface area contributed by atoms with Gasteiger partial charge in [-0.2, -0.15) is 0 Å². The fraction of sp³-hybridized carbons (Fsp3) is 0.278. The van der Waals surface area contributed by atoms with Crippen LogP contribution in [-0.4, -0.2) is 38.8 Å². The summed E-state index contributed by atoms with van der Waals surface area (Å²) < 4.78 is 14.9. The number of urea groups is 1. The quantitative estimate of drug-likeness (QED) is 0.727. The number of hydrogen-bond acceptors (Lipinski definition) is 7. The lowest BCUT2D eigenvalue weighted by Gasteiger charge is -2.12. The van der Waals surface area contributed by atoms with Gasteiger partial charge in [-0.1, -0.05) is 0 Å². The van der Waals surface area contributed by atoms with Crippen LogP contribution in [-0.2, 0) is 9.47 Å². The molecule has 0 saturated heterocycles. The van der Waals surface area contributed by atoms with Crippen molar-refractivity contribution in [2.75, 3.05) is 31.5 Å². The highest BCUT2D eigenvalue weighted by Gasteiger charge is 2.20. The summed E-state index contributed by atoms with van der Waals surface area (Å²) in [7, 11) is 2.71. The zero-order valence-electron chi connectivity index (χ0n) is 15.4. The summed E-state index contributed by atoms with van der Waals surface area (Å²) in [5.74, 6) is -0.679. The second-order valence-electron chi connectivity index (χ2n) is 5.33. The summed E-state index contributed by atoms with van der Waals surface area (Å²) in [6.45, 7) is 3.70. The minimum absolute atomic E-state index is 0.233. The Morgan fingerprint density at radius 2 is 1.85 bits per heavy atom. The van der Waals surface area contributed by atoms with Gasteiger partial charge in [0.2, 0.25) is 0 Å². The van der Waals surface area contributed by atoms with Gasteiger partial charge in [-0.25, -0.2) is 14.4 Å². The number of esters is 2. The van der Waals surface area contributed by atoms with Gasteiger partial charge in [-0.15, -0.1) is 11.3 Å². The molecule has 0 aliphatic rings. The molecular weight excluding hydrogens is 372 g/mol. The fourth-order valence-electron chi connectivity index (χ4n) is 2.30. The molecule has 9 heteroatoms. The lowest BCUT2D eigenvalue weighted by atomic mass is 10.2. The van der Waals surface area contributed by atoms with Crippen molar-refractivity contribution in [3.63, 3.8) is 0 Å². The van der Waals surface area contributed by atoms with Crippen LogP contribution in [0.2, 0.25) is 0 Å². The third-order valence-corrected chi connectivity index (χ3v) is 4.56. The summed E-state index contributed by atoms with van der Waals surface area (Å²) in [5, 5.41) is 7.35. The van der Waals surface area contributed by atoms with Crippen LogP contribution in [0.3, 0.4) is 0 Å². The van der Waals surface area contributed by atoms with Gasteiger partial charge in [0.05, 0.1) is 37.6 Å². The van der Waals surface area contributed by atoms with E-state index in [1.54, 1.807) is 25.3 Å². The van der Waals surface area contributed by atoms with E-state index in [0.717, 1.165) is 0 Å². The van der Waals surface area contributed by atoms with Gasteiger partial charge in [0.1, 0.15) is 10.8 Å². The van der Waals surface area contributed by atoms with E-state index in [0.29, 0.717) is 21.9 Å². The molecule has 2 aromatic rings. The standard InChI is InChI=1S/C18H20N2O6S/c1-5-26-17(22)14-10(2)9-27-15(14)20-18(23)19-12-8-11(16(21)25-4)6-7-13(12)24-3/h6-9H,5H2,1-4H3,(H2,19,20,23). The van der Waals surface area contributed by atoms with Crippen molar-refractivity contribution < 1.29 is 28.6 Å². The first kappa shape index (κ1) is 20.2. The fourth-order valence-corrected chi connectivity index (χ4v) is 3.23. The van der Waals surface area contributed by atoms with Gasteiger partial charge >= 0.3 is 18.0 Å². The molecule has 0 unspecified atom stereocenters. The van der Waals surface area contributed by atoms with E-state index >= 15 is 0 Å². The van der Waals surface area contributed by atoms with Crippen molar-refractivity contribution in [3.8, 4) is 5.75 Å². The lowest BCUT2D eigenvalue weighted by molar-refractivity contribution is 0.0526. The summed E-state index contributed by atoms with van der Waals surface area (Å²) in [5.41, 5.74) is 1.56. The third-order valence-electron chi connectivity index (χ3n) is 3.55. The van der Waals surface area contributed by atoms with Crippen LogP contribution < -0.4 is 15.4 Å². The van der Waals surface area contributed by atoms with E-state index in [-0.39, 0.29) is 17.9 Å². The van der Waals surface area contributed by atoms with Crippen molar-refractivity contribution >= 4 is 40.0 Å². The van der Waals surface area contributed by atoms with Crippen LogP contribution in [0.15, 0.2) is 23.6 Å². The van der Waals surface area contributed by atoms with Gasteiger partial charge in [0, 0.05) is 0 Å². The molecule has 2 rings (SSSR count). The number of carbonyl (C=O) groups excluding carboxylic acids is 3. The molecule has 1 aromatic carbocycles.